The summed E-state index contributed by atoms with van der Waals surface area (Å²) < 4.78 is 5.89. The van der Waals surface area contributed by atoms with E-state index in [1.54, 1.807) is 0 Å². The molecule has 4 nitrogen and oxygen atoms in total. The van der Waals surface area contributed by atoms with Crippen LogP contribution < -0.4 is 5.73 Å². The van der Waals surface area contributed by atoms with E-state index >= 15 is 0 Å². The summed E-state index contributed by atoms with van der Waals surface area (Å²) in [6, 6.07) is 0. The van der Waals surface area contributed by atoms with Crippen molar-refractivity contribution in [3.63, 3.8) is 0 Å². The smallest absolute Gasteiger partial charge is 0.0568 e. The van der Waals surface area contributed by atoms with Gasteiger partial charge in [-0.3, -0.25) is 4.90 Å². The Kier molecular flexibility index (Phi) is 4.88. The van der Waals surface area contributed by atoms with Crippen molar-refractivity contribution in [2.75, 3.05) is 40.3 Å². The maximum atomic E-state index is 6.16. The van der Waals surface area contributed by atoms with Crippen molar-refractivity contribution >= 4 is 0 Å². The van der Waals surface area contributed by atoms with E-state index in [0.29, 0.717) is 12.2 Å². The lowest BCUT2D eigenvalue weighted by molar-refractivity contribution is -0.0995. The van der Waals surface area contributed by atoms with Gasteiger partial charge in [0.25, 0.3) is 0 Å². The summed E-state index contributed by atoms with van der Waals surface area (Å²) in [5.74, 6) is 0.798. The molecule has 0 saturated carbocycles. The average molecular weight is 269 g/mol. The summed E-state index contributed by atoms with van der Waals surface area (Å²) in [4.78, 5) is 4.97. The molecule has 2 fully saturated rings. The quantitative estimate of drug-likeness (QED) is 0.831. The maximum Gasteiger partial charge on any atom is 0.0568 e. The highest BCUT2D eigenvalue weighted by atomic mass is 16.5. The zero-order valence-electron chi connectivity index (χ0n) is 13.1. The van der Waals surface area contributed by atoms with Crippen LogP contribution in [0.5, 0.6) is 0 Å². The molecule has 2 aliphatic rings. The van der Waals surface area contributed by atoms with Gasteiger partial charge in [-0.05, 0) is 59.7 Å². The predicted molar refractivity (Wildman–Crippen MR) is 79.3 cm³/mol. The average Bonchev–Trinajstić information content (AvgIpc) is 2.73. The number of hydrogen-bond donors (Lipinski definition) is 1. The van der Waals surface area contributed by atoms with Gasteiger partial charge in [0.1, 0.15) is 0 Å². The molecule has 2 saturated heterocycles. The van der Waals surface area contributed by atoms with Gasteiger partial charge in [0, 0.05) is 25.2 Å². The number of ether oxygens (including phenoxy) is 1. The van der Waals surface area contributed by atoms with Crippen LogP contribution >= 0.6 is 0 Å². The normalized spacial score (nSPS) is 41.1. The molecular weight excluding hydrogens is 238 g/mol. The molecule has 0 aromatic heterocycles. The molecule has 4 heteroatoms. The zero-order chi connectivity index (χ0) is 14.0. The highest BCUT2D eigenvalue weighted by Crippen LogP contribution is 2.33. The van der Waals surface area contributed by atoms with Crippen LogP contribution in [0.1, 0.15) is 33.1 Å². The Labute approximate surface area is 118 Å². The summed E-state index contributed by atoms with van der Waals surface area (Å²) in [6.45, 7) is 8.73. The van der Waals surface area contributed by atoms with Gasteiger partial charge < -0.3 is 15.4 Å². The summed E-state index contributed by atoms with van der Waals surface area (Å²) >= 11 is 0. The third-order valence-electron chi connectivity index (χ3n) is 5.01. The van der Waals surface area contributed by atoms with E-state index in [1.165, 1.54) is 26.1 Å². The predicted octanol–water partition coefficient (Wildman–Crippen LogP) is 1.15. The first-order valence-corrected chi connectivity index (χ1v) is 7.70. The van der Waals surface area contributed by atoms with E-state index in [1.807, 2.05) is 0 Å². The minimum absolute atomic E-state index is 0.137. The fourth-order valence-electron chi connectivity index (χ4n) is 4.04. The molecule has 2 N–H and O–H groups in total. The van der Waals surface area contributed by atoms with E-state index in [2.05, 4.69) is 37.7 Å². The van der Waals surface area contributed by atoms with Gasteiger partial charge in [-0.1, -0.05) is 0 Å². The van der Waals surface area contributed by atoms with Crippen molar-refractivity contribution in [2.24, 2.45) is 11.7 Å². The van der Waals surface area contributed by atoms with Gasteiger partial charge in [0.05, 0.1) is 12.2 Å². The number of likely N-dealkylation sites (tertiary alicyclic amines) is 1. The van der Waals surface area contributed by atoms with Crippen LogP contribution in [0.2, 0.25) is 0 Å². The summed E-state index contributed by atoms with van der Waals surface area (Å²) in [5.41, 5.74) is 6.29. The van der Waals surface area contributed by atoms with E-state index in [0.717, 1.165) is 25.3 Å². The first-order valence-electron chi connectivity index (χ1n) is 7.70. The van der Waals surface area contributed by atoms with Gasteiger partial charge in [-0.25, -0.2) is 0 Å². The van der Waals surface area contributed by atoms with Gasteiger partial charge >= 0.3 is 0 Å². The maximum absolute atomic E-state index is 6.16. The molecule has 112 valence electrons. The van der Waals surface area contributed by atoms with Crippen LogP contribution in [0.15, 0.2) is 0 Å². The summed E-state index contributed by atoms with van der Waals surface area (Å²) in [5, 5.41) is 0. The molecule has 3 atom stereocenters. The molecule has 2 heterocycles. The first kappa shape index (κ1) is 15.2. The molecule has 0 amide bonds. The number of nitrogens with two attached hydrogens (primary N) is 1. The Bertz CT molecular complexity index is 287. The Morgan fingerprint density at radius 2 is 1.95 bits per heavy atom. The van der Waals surface area contributed by atoms with Crippen molar-refractivity contribution in [1.82, 2.24) is 9.80 Å². The van der Waals surface area contributed by atoms with Crippen LogP contribution in [0.3, 0.4) is 0 Å². The summed E-state index contributed by atoms with van der Waals surface area (Å²) in [6.07, 6.45) is 4.09. The summed E-state index contributed by atoms with van der Waals surface area (Å²) in [7, 11) is 4.48. The highest BCUT2D eigenvalue weighted by Gasteiger charge is 2.41. The molecule has 2 aliphatic heterocycles. The Morgan fingerprint density at radius 1 is 1.32 bits per heavy atom. The number of hydrogen-bond acceptors (Lipinski definition) is 4. The first-order chi connectivity index (χ1) is 8.95. The van der Waals surface area contributed by atoms with Gasteiger partial charge in [0.2, 0.25) is 0 Å². The Balaban J connectivity index is 1.99. The second-order valence-corrected chi connectivity index (χ2v) is 6.89. The largest absolute Gasteiger partial charge is 0.375 e. The minimum atomic E-state index is 0.137. The van der Waals surface area contributed by atoms with E-state index in [-0.39, 0.29) is 5.54 Å². The standard InChI is InChI=1S/C15H31N3O/c1-12-7-15(11-16,8-13(2)19-12)18(4)10-14-5-6-17(3)9-14/h12-14H,5-11,16H2,1-4H3. The number of rotatable bonds is 4. The third kappa shape index (κ3) is 3.48. The SMILES string of the molecule is CC1CC(CN)(N(C)CC2CCN(C)C2)CC(C)O1. The number of nitrogens with zero attached hydrogens (tertiary/aromatic N) is 2. The van der Waals surface area contributed by atoms with Crippen molar-refractivity contribution < 1.29 is 4.74 Å². The lowest BCUT2D eigenvalue weighted by Gasteiger charge is -2.48. The molecule has 0 bridgehead atoms. The molecule has 0 spiro atoms. The lowest BCUT2D eigenvalue weighted by Crippen LogP contribution is -2.59. The van der Waals surface area contributed by atoms with Crippen LogP contribution in [0.25, 0.3) is 0 Å². The van der Waals surface area contributed by atoms with Crippen LogP contribution in [-0.2, 0) is 4.74 Å². The van der Waals surface area contributed by atoms with E-state index in [9.17, 15) is 0 Å². The van der Waals surface area contributed by atoms with Crippen molar-refractivity contribution in [2.45, 2.75) is 50.9 Å². The van der Waals surface area contributed by atoms with E-state index in [4.69, 9.17) is 10.5 Å². The van der Waals surface area contributed by atoms with Crippen LogP contribution in [-0.4, -0.2) is 67.8 Å². The molecule has 19 heavy (non-hydrogen) atoms. The highest BCUT2D eigenvalue weighted by molar-refractivity contribution is 4.97. The van der Waals surface area contributed by atoms with Crippen molar-refractivity contribution in [3.05, 3.63) is 0 Å². The third-order valence-corrected chi connectivity index (χ3v) is 5.01. The fourth-order valence-corrected chi connectivity index (χ4v) is 4.04. The molecule has 0 aliphatic carbocycles. The Morgan fingerprint density at radius 3 is 2.42 bits per heavy atom. The van der Waals surface area contributed by atoms with Crippen LogP contribution in [0.4, 0.5) is 0 Å². The topological polar surface area (TPSA) is 41.7 Å². The molecule has 0 radical (unpaired) electrons. The van der Waals surface area contributed by atoms with Gasteiger partial charge in [-0.2, -0.15) is 0 Å². The molecular formula is C15H31N3O. The van der Waals surface area contributed by atoms with E-state index < -0.39 is 0 Å². The van der Waals surface area contributed by atoms with Crippen molar-refractivity contribution in [1.29, 1.82) is 0 Å². The monoisotopic (exact) mass is 269 g/mol. The van der Waals surface area contributed by atoms with Crippen molar-refractivity contribution in [3.8, 4) is 0 Å². The molecule has 0 aromatic rings. The minimum Gasteiger partial charge on any atom is -0.375 e. The second kappa shape index (κ2) is 6.08. The second-order valence-electron chi connectivity index (χ2n) is 6.89. The zero-order valence-corrected chi connectivity index (χ0v) is 13.1. The number of likely N-dealkylation sites (N-methyl/N-ethyl adjacent to an activating group) is 1. The van der Waals surface area contributed by atoms with Gasteiger partial charge in [-0.15, -0.1) is 0 Å². The lowest BCUT2D eigenvalue weighted by atomic mass is 9.82. The fraction of sp³-hybridized carbons (Fsp3) is 1.00. The molecule has 2 rings (SSSR count). The molecule has 0 aromatic carbocycles. The van der Waals surface area contributed by atoms with Gasteiger partial charge in [0.15, 0.2) is 0 Å². The molecule has 3 unspecified atom stereocenters. The van der Waals surface area contributed by atoms with Crippen LogP contribution in [0, 0.1) is 5.92 Å². The Hall–Kier alpha value is -0.160.